The Morgan fingerprint density at radius 2 is 2.33 bits per heavy atom. The van der Waals surface area contributed by atoms with Gasteiger partial charge in [0, 0.05) is 10.2 Å². The maximum absolute atomic E-state index is 3.23. The molecule has 0 unspecified atom stereocenters. The first-order valence-corrected chi connectivity index (χ1v) is 4.04. The van der Waals surface area contributed by atoms with Crippen molar-refractivity contribution in [2.24, 2.45) is 0 Å². The Labute approximate surface area is 42.6 Å². The van der Waals surface area contributed by atoms with Crippen LogP contribution in [0.1, 0.15) is 6.92 Å². The van der Waals surface area contributed by atoms with Gasteiger partial charge in [0.25, 0.3) is 0 Å². The zero-order chi connectivity index (χ0) is 4.83. The number of hydrogen-bond donors (Lipinski definition) is 1. The van der Waals surface area contributed by atoms with Gasteiger partial charge in [-0.3, -0.25) is 0 Å². The molecule has 0 aliphatic rings. The highest BCUT2D eigenvalue weighted by Gasteiger charge is 1.71. The van der Waals surface area contributed by atoms with E-state index in [0.717, 1.165) is 6.54 Å². The molecule has 0 atom stereocenters. The van der Waals surface area contributed by atoms with E-state index in [4.69, 9.17) is 0 Å². The van der Waals surface area contributed by atoms with Crippen LogP contribution in [-0.4, -0.2) is 23.3 Å². The van der Waals surface area contributed by atoms with E-state index < -0.39 is 0 Å². The van der Waals surface area contributed by atoms with Gasteiger partial charge >= 0.3 is 0 Å². The molecule has 0 spiro atoms. The molecule has 0 radical (unpaired) electrons. The summed E-state index contributed by atoms with van der Waals surface area (Å²) >= 11 is 0. The van der Waals surface area contributed by atoms with E-state index >= 15 is 0 Å². The van der Waals surface area contributed by atoms with E-state index in [-0.39, 0.29) is 0 Å². The summed E-state index contributed by atoms with van der Waals surface area (Å²) in [6.45, 7) is 4.49. The quantitative estimate of drug-likeness (QED) is 0.371. The SMILES string of the molecule is CCNCC[SiH3]. The molecular formula is C4H13NSi. The van der Waals surface area contributed by atoms with Crippen LogP contribution < -0.4 is 5.32 Å². The zero-order valence-electron chi connectivity index (χ0n) is 4.62. The third kappa shape index (κ3) is 4.18. The van der Waals surface area contributed by atoms with Crippen molar-refractivity contribution in [3.05, 3.63) is 0 Å². The zero-order valence-corrected chi connectivity index (χ0v) is 6.62. The Morgan fingerprint density at radius 1 is 1.67 bits per heavy atom. The normalized spacial score (nSPS) is 9.50. The van der Waals surface area contributed by atoms with Crippen molar-refractivity contribution in [2.45, 2.75) is 13.0 Å². The van der Waals surface area contributed by atoms with Crippen LogP contribution in [0.2, 0.25) is 6.04 Å². The Hall–Kier alpha value is 0.177. The Morgan fingerprint density at radius 3 is 2.50 bits per heavy atom. The molecule has 0 aliphatic carbocycles. The first-order chi connectivity index (χ1) is 2.91. The average Bonchev–Trinajstić information content (AvgIpc) is 1.61. The molecule has 0 aromatic rings. The minimum Gasteiger partial charge on any atom is -0.317 e. The van der Waals surface area contributed by atoms with Crippen LogP contribution >= 0.6 is 0 Å². The van der Waals surface area contributed by atoms with Gasteiger partial charge in [0.05, 0.1) is 0 Å². The van der Waals surface area contributed by atoms with E-state index in [0.29, 0.717) is 0 Å². The van der Waals surface area contributed by atoms with E-state index in [1.807, 2.05) is 0 Å². The fourth-order valence-electron chi connectivity index (χ4n) is 0.354. The lowest BCUT2D eigenvalue weighted by Gasteiger charge is -1.91. The minimum atomic E-state index is 1.13. The number of nitrogens with one attached hydrogen (secondary N) is 1. The van der Waals surface area contributed by atoms with Gasteiger partial charge in [-0.15, -0.1) is 0 Å². The number of hydrogen-bond acceptors (Lipinski definition) is 1. The van der Waals surface area contributed by atoms with E-state index in [1.54, 1.807) is 0 Å². The summed E-state index contributed by atoms with van der Waals surface area (Å²) in [5, 5.41) is 3.23. The summed E-state index contributed by atoms with van der Waals surface area (Å²) in [5.74, 6) is 0. The van der Waals surface area contributed by atoms with Gasteiger partial charge < -0.3 is 5.32 Å². The first-order valence-electron chi connectivity index (χ1n) is 2.62. The summed E-state index contributed by atoms with van der Waals surface area (Å²) in [4.78, 5) is 0. The van der Waals surface area contributed by atoms with E-state index in [2.05, 4.69) is 12.2 Å². The molecule has 0 aromatic carbocycles. The predicted octanol–water partition coefficient (Wildman–Crippen LogP) is -0.620. The summed E-state index contributed by atoms with van der Waals surface area (Å²) in [6, 6.07) is 1.38. The fourth-order valence-corrected chi connectivity index (χ4v) is 0.707. The van der Waals surface area contributed by atoms with Crippen molar-refractivity contribution < 1.29 is 0 Å². The molecule has 1 N–H and O–H groups in total. The second-order valence-corrected chi connectivity index (χ2v) is 2.35. The lowest BCUT2D eigenvalue weighted by molar-refractivity contribution is 0.762. The average molecular weight is 103 g/mol. The second kappa shape index (κ2) is 5.18. The van der Waals surface area contributed by atoms with Crippen LogP contribution in [0.4, 0.5) is 0 Å². The first kappa shape index (κ1) is 6.18. The van der Waals surface area contributed by atoms with Gasteiger partial charge in [-0.2, -0.15) is 0 Å². The lowest BCUT2D eigenvalue weighted by atomic mass is 10.7. The van der Waals surface area contributed by atoms with Gasteiger partial charge in [-0.25, -0.2) is 0 Å². The molecule has 0 aliphatic heterocycles. The fraction of sp³-hybridized carbons (Fsp3) is 1.00. The minimum absolute atomic E-state index is 1.13. The largest absolute Gasteiger partial charge is 0.317 e. The Bertz CT molecular complexity index is 19.5. The maximum atomic E-state index is 3.23. The topological polar surface area (TPSA) is 12.0 Å². The van der Waals surface area contributed by atoms with E-state index in [1.165, 1.54) is 22.8 Å². The molecule has 0 saturated carbocycles. The van der Waals surface area contributed by atoms with Crippen LogP contribution in [0.15, 0.2) is 0 Å². The van der Waals surface area contributed by atoms with Crippen molar-refractivity contribution in [1.82, 2.24) is 5.32 Å². The molecule has 2 heteroatoms. The molecule has 0 aromatic heterocycles. The van der Waals surface area contributed by atoms with Crippen LogP contribution in [0.3, 0.4) is 0 Å². The van der Waals surface area contributed by atoms with Gasteiger partial charge in [0.15, 0.2) is 0 Å². The van der Waals surface area contributed by atoms with Crippen molar-refractivity contribution in [2.75, 3.05) is 13.1 Å². The standard InChI is InChI=1S/C4H13NSi/c1-2-5-3-4-6/h5H,2-4H2,1,6H3. The second-order valence-electron chi connectivity index (χ2n) is 1.35. The summed E-state index contributed by atoms with van der Waals surface area (Å²) in [6.07, 6.45) is 0. The maximum Gasteiger partial charge on any atom is 0.00440 e. The van der Waals surface area contributed by atoms with Crippen LogP contribution in [0, 0.1) is 0 Å². The van der Waals surface area contributed by atoms with Gasteiger partial charge in [0.1, 0.15) is 0 Å². The van der Waals surface area contributed by atoms with Crippen molar-refractivity contribution in [1.29, 1.82) is 0 Å². The molecule has 0 bridgehead atoms. The molecule has 6 heavy (non-hydrogen) atoms. The molecule has 0 amide bonds. The van der Waals surface area contributed by atoms with Gasteiger partial charge in [-0.1, -0.05) is 13.0 Å². The number of rotatable bonds is 3. The molecule has 0 heterocycles. The smallest absolute Gasteiger partial charge is 0.00440 e. The summed E-state index contributed by atoms with van der Waals surface area (Å²) in [7, 11) is 1.34. The highest BCUT2D eigenvalue weighted by molar-refractivity contribution is 6.08. The molecular weight excluding hydrogens is 90.1 g/mol. The summed E-state index contributed by atoms with van der Waals surface area (Å²) < 4.78 is 0. The van der Waals surface area contributed by atoms with E-state index in [9.17, 15) is 0 Å². The van der Waals surface area contributed by atoms with Crippen molar-refractivity contribution in [3.8, 4) is 0 Å². The third-order valence-corrected chi connectivity index (χ3v) is 1.18. The van der Waals surface area contributed by atoms with Crippen molar-refractivity contribution >= 4 is 10.2 Å². The Balaban J connectivity index is 2.34. The molecule has 38 valence electrons. The van der Waals surface area contributed by atoms with Crippen LogP contribution in [0.5, 0.6) is 0 Å². The Kier molecular flexibility index (Phi) is 5.33. The van der Waals surface area contributed by atoms with Gasteiger partial charge in [0.2, 0.25) is 0 Å². The van der Waals surface area contributed by atoms with Crippen LogP contribution in [-0.2, 0) is 0 Å². The molecule has 1 nitrogen and oxygen atoms in total. The molecule has 0 saturated heterocycles. The summed E-state index contributed by atoms with van der Waals surface area (Å²) in [5.41, 5.74) is 0. The highest BCUT2D eigenvalue weighted by atomic mass is 28.1. The monoisotopic (exact) mass is 103 g/mol. The molecule has 0 fully saturated rings. The van der Waals surface area contributed by atoms with Gasteiger partial charge in [-0.05, 0) is 13.1 Å². The third-order valence-electron chi connectivity index (χ3n) is 0.677. The predicted molar refractivity (Wildman–Crippen MR) is 33.3 cm³/mol. The van der Waals surface area contributed by atoms with Crippen molar-refractivity contribution in [3.63, 3.8) is 0 Å². The van der Waals surface area contributed by atoms with Crippen LogP contribution in [0.25, 0.3) is 0 Å². The lowest BCUT2D eigenvalue weighted by Crippen LogP contribution is -2.12. The highest BCUT2D eigenvalue weighted by Crippen LogP contribution is 1.61. The molecule has 0 rings (SSSR count).